The van der Waals surface area contributed by atoms with Crippen LogP contribution in [0.1, 0.15) is 22.5 Å². The second-order valence-electron chi connectivity index (χ2n) is 6.95. The molecule has 0 aliphatic carbocycles. The summed E-state index contributed by atoms with van der Waals surface area (Å²) in [6.45, 7) is 4.33. The van der Waals surface area contributed by atoms with E-state index in [-0.39, 0.29) is 11.5 Å². The predicted molar refractivity (Wildman–Crippen MR) is 111 cm³/mol. The number of H-pyrrole nitrogens is 1. The molecule has 2 N–H and O–H groups in total. The van der Waals surface area contributed by atoms with Gasteiger partial charge in [-0.1, -0.05) is 11.6 Å². The van der Waals surface area contributed by atoms with Crippen molar-refractivity contribution in [3.63, 3.8) is 0 Å². The summed E-state index contributed by atoms with van der Waals surface area (Å²) in [6, 6.07) is 8.34. The molecule has 1 amide bonds. The van der Waals surface area contributed by atoms with Crippen LogP contribution in [0.15, 0.2) is 41.3 Å². The number of fused-ring (bicyclic) bond motifs is 1. The van der Waals surface area contributed by atoms with Gasteiger partial charge in [-0.25, -0.2) is 9.50 Å². The van der Waals surface area contributed by atoms with Crippen LogP contribution in [-0.4, -0.2) is 58.3 Å². The predicted octanol–water partition coefficient (Wildman–Crippen LogP) is 2.19. The van der Waals surface area contributed by atoms with Gasteiger partial charge in [-0.15, -0.1) is 0 Å². The Labute approximate surface area is 172 Å². The van der Waals surface area contributed by atoms with E-state index in [4.69, 9.17) is 16.3 Å². The zero-order chi connectivity index (χ0) is 20.2. The molecule has 8 nitrogen and oxygen atoms in total. The third kappa shape index (κ3) is 4.67. The minimum Gasteiger partial charge on any atom is -0.379 e. The lowest BCUT2D eigenvalue weighted by Crippen LogP contribution is -2.37. The second-order valence-corrected chi connectivity index (χ2v) is 7.39. The van der Waals surface area contributed by atoms with Crippen LogP contribution in [-0.2, 0) is 11.2 Å². The molecule has 3 heterocycles. The Morgan fingerprint density at radius 1 is 1.24 bits per heavy atom. The number of aromatic amines is 1. The number of aryl methyl sites for hydroxylation is 1. The normalized spacial score (nSPS) is 14.9. The lowest BCUT2D eigenvalue weighted by Gasteiger charge is -2.26. The molecule has 1 aromatic carbocycles. The van der Waals surface area contributed by atoms with E-state index in [1.54, 1.807) is 24.3 Å². The summed E-state index contributed by atoms with van der Waals surface area (Å²) < 4.78 is 6.64. The average Bonchev–Trinajstić information content (AvgIpc) is 3.15. The Morgan fingerprint density at radius 3 is 2.76 bits per heavy atom. The standard InChI is InChI=1S/C20H22ClN5O3/c21-14-3-5-15(6-4-14)24-20(28)17-13-22-26-18(27)12-16(23-19(17)26)2-1-7-25-8-10-29-11-9-25/h3-6,12-13,22H,1-2,7-11H2,(H,24,28). The molecule has 1 aliphatic rings. The van der Waals surface area contributed by atoms with Crippen LogP contribution in [0.5, 0.6) is 0 Å². The largest absolute Gasteiger partial charge is 0.379 e. The van der Waals surface area contributed by atoms with Gasteiger partial charge in [0.2, 0.25) is 0 Å². The Morgan fingerprint density at radius 2 is 2.00 bits per heavy atom. The molecule has 1 fully saturated rings. The fourth-order valence-electron chi connectivity index (χ4n) is 3.36. The first kappa shape index (κ1) is 19.6. The molecular formula is C20H22ClN5O3. The highest BCUT2D eigenvalue weighted by atomic mass is 35.5. The van der Waals surface area contributed by atoms with Crippen molar-refractivity contribution in [3.05, 3.63) is 63.2 Å². The van der Waals surface area contributed by atoms with E-state index in [2.05, 4.69) is 20.3 Å². The fourth-order valence-corrected chi connectivity index (χ4v) is 3.49. The molecule has 152 valence electrons. The van der Waals surface area contributed by atoms with E-state index in [0.29, 0.717) is 34.0 Å². The molecule has 2 aromatic heterocycles. The number of nitrogens with one attached hydrogen (secondary N) is 2. The molecule has 29 heavy (non-hydrogen) atoms. The number of morpholine rings is 1. The Hall–Kier alpha value is -2.68. The SMILES string of the molecule is O=C(Nc1ccc(Cl)cc1)c1c[nH]n2c(=O)cc(CCCN3CCOCC3)nc12. The molecule has 4 rings (SSSR count). The summed E-state index contributed by atoms with van der Waals surface area (Å²) in [5.41, 5.74) is 1.70. The molecule has 0 saturated carbocycles. The quantitative estimate of drug-likeness (QED) is 0.644. The molecule has 9 heteroatoms. The van der Waals surface area contributed by atoms with Gasteiger partial charge in [-0.2, -0.15) is 0 Å². The Bertz CT molecular complexity index is 1050. The zero-order valence-electron chi connectivity index (χ0n) is 15.9. The Balaban J connectivity index is 1.49. The van der Waals surface area contributed by atoms with Gasteiger partial charge >= 0.3 is 0 Å². The van der Waals surface area contributed by atoms with Crippen LogP contribution in [0.2, 0.25) is 5.02 Å². The highest BCUT2D eigenvalue weighted by Crippen LogP contribution is 2.16. The van der Waals surface area contributed by atoms with Crippen LogP contribution in [0.4, 0.5) is 5.69 Å². The van der Waals surface area contributed by atoms with Crippen LogP contribution < -0.4 is 10.9 Å². The third-order valence-electron chi connectivity index (χ3n) is 4.91. The van der Waals surface area contributed by atoms with Gasteiger partial charge in [-0.3, -0.25) is 19.6 Å². The van der Waals surface area contributed by atoms with Crippen LogP contribution in [0.3, 0.4) is 0 Å². The molecule has 0 atom stereocenters. The zero-order valence-corrected chi connectivity index (χ0v) is 16.6. The summed E-state index contributed by atoms with van der Waals surface area (Å²) in [5.74, 6) is -0.344. The maximum Gasteiger partial charge on any atom is 0.272 e. The molecule has 0 spiro atoms. The van der Waals surface area contributed by atoms with Gasteiger partial charge in [0.25, 0.3) is 11.5 Å². The van der Waals surface area contributed by atoms with Crippen molar-refractivity contribution >= 4 is 28.8 Å². The van der Waals surface area contributed by atoms with Gasteiger partial charge in [0.15, 0.2) is 5.65 Å². The van der Waals surface area contributed by atoms with Crippen molar-refractivity contribution < 1.29 is 9.53 Å². The van der Waals surface area contributed by atoms with E-state index in [9.17, 15) is 9.59 Å². The number of carbonyl (C=O) groups excluding carboxylic acids is 1. The molecule has 0 radical (unpaired) electrons. The first-order valence-corrected chi connectivity index (χ1v) is 9.95. The number of rotatable bonds is 6. The topological polar surface area (TPSA) is 91.7 Å². The van der Waals surface area contributed by atoms with E-state index in [0.717, 1.165) is 39.3 Å². The number of halogens is 1. The summed E-state index contributed by atoms with van der Waals surface area (Å²) >= 11 is 5.88. The van der Waals surface area contributed by atoms with Gasteiger partial charge in [0.1, 0.15) is 5.56 Å². The number of ether oxygens (including phenoxy) is 1. The van der Waals surface area contributed by atoms with Gasteiger partial charge < -0.3 is 10.1 Å². The second kappa shape index (κ2) is 8.77. The summed E-state index contributed by atoms with van der Waals surface area (Å²) in [4.78, 5) is 32.0. The summed E-state index contributed by atoms with van der Waals surface area (Å²) in [6.07, 6.45) is 3.05. The Kier molecular flexibility index (Phi) is 5.94. The lowest BCUT2D eigenvalue weighted by atomic mass is 10.2. The van der Waals surface area contributed by atoms with Crippen molar-refractivity contribution in [2.24, 2.45) is 0 Å². The monoisotopic (exact) mass is 415 g/mol. The smallest absolute Gasteiger partial charge is 0.272 e. The molecule has 1 saturated heterocycles. The lowest BCUT2D eigenvalue weighted by molar-refractivity contribution is 0.0374. The van der Waals surface area contributed by atoms with E-state index in [1.165, 1.54) is 16.8 Å². The minimum atomic E-state index is -0.344. The van der Waals surface area contributed by atoms with Crippen LogP contribution in [0, 0.1) is 0 Å². The van der Waals surface area contributed by atoms with Crippen molar-refractivity contribution in [3.8, 4) is 0 Å². The minimum absolute atomic E-state index is 0.234. The number of anilines is 1. The number of carbonyl (C=O) groups is 1. The number of hydrogen-bond donors (Lipinski definition) is 2. The molecule has 3 aromatic rings. The van der Waals surface area contributed by atoms with E-state index >= 15 is 0 Å². The third-order valence-corrected chi connectivity index (χ3v) is 5.16. The van der Waals surface area contributed by atoms with Crippen molar-refractivity contribution in [1.82, 2.24) is 19.5 Å². The molecule has 0 bridgehead atoms. The average molecular weight is 416 g/mol. The first-order valence-electron chi connectivity index (χ1n) is 9.57. The molecular weight excluding hydrogens is 394 g/mol. The van der Waals surface area contributed by atoms with Gasteiger partial charge in [0, 0.05) is 41.8 Å². The first-order chi connectivity index (χ1) is 14.1. The van der Waals surface area contributed by atoms with Crippen LogP contribution in [0.25, 0.3) is 5.65 Å². The van der Waals surface area contributed by atoms with Crippen molar-refractivity contribution in [2.75, 3.05) is 38.2 Å². The highest BCUT2D eigenvalue weighted by molar-refractivity contribution is 6.30. The maximum atomic E-state index is 12.7. The fraction of sp³-hybridized carbons (Fsp3) is 0.350. The number of benzene rings is 1. The number of aromatic nitrogens is 3. The molecule has 1 aliphatic heterocycles. The maximum absolute atomic E-state index is 12.7. The van der Waals surface area contributed by atoms with E-state index < -0.39 is 0 Å². The van der Waals surface area contributed by atoms with Crippen LogP contribution >= 0.6 is 11.6 Å². The summed E-state index contributed by atoms with van der Waals surface area (Å²) in [5, 5.41) is 6.19. The van der Waals surface area contributed by atoms with Gasteiger partial charge in [0.05, 0.1) is 13.2 Å². The van der Waals surface area contributed by atoms with E-state index in [1.807, 2.05) is 0 Å². The van der Waals surface area contributed by atoms with Gasteiger partial charge in [-0.05, 0) is 43.7 Å². The number of nitrogens with zero attached hydrogens (tertiary/aromatic N) is 3. The van der Waals surface area contributed by atoms with Crippen molar-refractivity contribution in [1.29, 1.82) is 0 Å². The van der Waals surface area contributed by atoms with Crippen molar-refractivity contribution in [2.45, 2.75) is 12.8 Å². The summed E-state index contributed by atoms with van der Waals surface area (Å²) in [7, 11) is 0. The highest BCUT2D eigenvalue weighted by Gasteiger charge is 2.16. The molecule has 0 unspecified atom stereocenters. The number of hydrogen-bond acceptors (Lipinski definition) is 5. The number of amides is 1.